The second-order valence-corrected chi connectivity index (χ2v) is 6.73. The number of pyridine rings is 1. The molecule has 1 aromatic heterocycles. The highest BCUT2D eigenvalue weighted by Gasteiger charge is 2.14. The summed E-state index contributed by atoms with van der Waals surface area (Å²) in [6, 6.07) is 12.0. The van der Waals surface area contributed by atoms with Crippen LogP contribution in [0.5, 0.6) is 0 Å². The summed E-state index contributed by atoms with van der Waals surface area (Å²) in [6.45, 7) is 5.17. The first-order valence-electron chi connectivity index (χ1n) is 9.18. The smallest absolute Gasteiger partial charge is 0.193 e. The molecule has 0 unspecified atom stereocenters. The van der Waals surface area contributed by atoms with Crippen LogP contribution in [0.15, 0.2) is 47.6 Å². The van der Waals surface area contributed by atoms with E-state index in [1.54, 1.807) is 7.11 Å². The van der Waals surface area contributed by atoms with Gasteiger partial charge in [0.25, 0.3) is 0 Å². The number of hydrogen-bond donors (Lipinski definition) is 2. The average Bonchev–Trinajstić information content (AvgIpc) is 2.69. The van der Waals surface area contributed by atoms with Crippen molar-refractivity contribution in [3.63, 3.8) is 0 Å². The molecule has 1 aliphatic heterocycles. The molecule has 27 heavy (non-hydrogen) atoms. The van der Waals surface area contributed by atoms with Crippen molar-refractivity contribution >= 4 is 17.5 Å². The summed E-state index contributed by atoms with van der Waals surface area (Å²) < 4.78 is 5.21. The van der Waals surface area contributed by atoms with Gasteiger partial charge in [0.15, 0.2) is 5.96 Å². The van der Waals surface area contributed by atoms with Crippen molar-refractivity contribution in [3.05, 3.63) is 53.7 Å². The summed E-state index contributed by atoms with van der Waals surface area (Å²) in [5.41, 5.74) is 9.02. The van der Waals surface area contributed by atoms with Crippen LogP contribution < -0.4 is 16.0 Å². The molecular weight excluding hydrogens is 340 g/mol. The van der Waals surface area contributed by atoms with E-state index < -0.39 is 0 Å². The molecule has 3 rings (SSSR count). The Labute approximate surface area is 160 Å². The van der Waals surface area contributed by atoms with E-state index in [1.165, 1.54) is 0 Å². The van der Waals surface area contributed by atoms with Gasteiger partial charge in [-0.05, 0) is 24.7 Å². The number of aliphatic imine (C=N–C) groups is 1. The molecule has 144 valence electrons. The van der Waals surface area contributed by atoms with E-state index in [1.807, 2.05) is 30.5 Å². The van der Waals surface area contributed by atoms with Crippen LogP contribution in [0, 0.1) is 0 Å². The summed E-state index contributed by atoms with van der Waals surface area (Å²) in [4.78, 5) is 13.7. The maximum absolute atomic E-state index is 6.04. The van der Waals surface area contributed by atoms with Gasteiger partial charge in [-0.3, -0.25) is 0 Å². The van der Waals surface area contributed by atoms with Crippen molar-refractivity contribution in [2.45, 2.75) is 13.2 Å². The summed E-state index contributed by atoms with van der Waals surface area (Å²) in [6.07, 6.45) is 1.88. The standard InChI is InChI=1S/C20H28N6O/c1-25-9-11-26(12-10-25)19-8-7-16(13-22-19)14-23-20(21)24-18-6-4-3-5-17(18)15-27-2/h3-8,13H,9-12,14-15H2,1-2H3,(H3,21,23,24). The van der Waals surface area contributed by atoms with Gasteiger partial charge in [-0.2, -0.15) is 0 Å². The van der Waals surface area contributed by atoms with E-state index in [-0.39, 0.29) is 0 Å². The normalized spacial score (nSPS) is 15.8. The van der Waals surface area contributed by atoms with E-state index in [4.69, 9.17) is 10.5 Å². The van der Waals surface area contributed by atoms with Gasteiger partial charge in [0.1, 0.15) is 5.82 Å². The molecule has 0 radical (unpaired) electrons. The third-order valence-corrected chi connectivity index (χ3v) is 4.65. The Morgan fingerprint density at radius 2 is 1.96 bits per heavy atom. The maximum Gasteiger partial charge on any atom is 0.193 e. The Morgan fingerprint density at radius 1 is 1.19 bits per heavy atom. The third-order valence-electron chi connectivity index (χ3n) is 4.65. The highest BCUT2D eigenvalue weighted by molar-refractivity contribution is 5.92. The van der Waals surface area contributed by atoms with Crippen LogP contribution in [0.3, 0.4) is 0 Å². The number of nitrogens with one attached hydrogen (secondary N) is 1. The molecular formula is C20H28N6O. The van der Waals surface area contributed by atoms with Crippen molar-refractivity contribution < 1.29 is 4.74 Å². The Kier molecular flexibility index (Phi) is 6.62. The molecule has 1 saturated heterocycles. The first-order chi connectivity index (χ1) is 13.2. The van der Waals surface area contributed by atoms with Crippen LogP contribution in [0.1, 0.15) is 11.1 Å². The molecule has 1 aliphatic rings. The van der Waals surface area contributed by atoms with E-state index in [0.717, 1.165) is 48.8 Å². The lowest BCUT2D eigenvalue weighted by atomic mass is 10.2. The highest BCUT2D eigenvalue weighted by atomic mass is 16.5. The Morgan fingerprint density at radius 3 is 2.67 bits per heavy atom. The van der Waals surface area contributed by atoms with Crippen LogP contribution in [-0.4, -0.2) is 56.2 Å². The molecule has 2 aromatic rings. The first kappa shape index (κ1) is 19.1. The van der Waals surface area contributed by atoms with E-state index >= 15 is 0 Å². The fraction of sp³-hybridized carbons (Fsp3) is 0.400. The zero-order valence-electron chi connectivity index (χ0n) is 16.1. The van der Waals surface area contributed by atoms with Gasteiger partial charge in [-0.1, -0.05) is 24.3 Å². The second kappa shape index (κ2) is 9.34. The Hall–Kier alpha value is -2.64. The third kappa shape index (κ3) is 5.42. The zero-order chi connectivity index (χ0) is 19.1. The van der Waals surface area contributed by atoms with Crippen LogP contribution in [0.2, 0.25) is 0 Å². The molecule has 0 spiro atoms. The number of hydrogen-bond acceptors (Lipinski definition) is 5. The summed E-state index contributed by atoms with van der Waals surface area (Å²) >= 11 is 0. The monoisotopic (exact) mass is 368 g/mol. The van der Waals surface area contributed by atoms with Crippen molar-refractivity contribution in [2.75, 3.05) is 50.6 Å². The minimum Gasteiger partial charge on any atom is -0.380 e. The lowest BCUT2D eigenvalue weighted by molar-refractivity contribution is 0.185. The fourth-order valence-electron chi connectivity index (χ4n) is 3.01. The number of nitrogens with zero attached hydrogens (tertiary/aromatic N) is 4. The van der Waals surface area contributed by atoms with Gasteiger partial charge in [0, 0.05) is 50.7 Å². The molecule has 7 heteroatoms. The number of guanidine groups is 1. The van der Waals surface area contributed by atoms with Crippen molar-refractivity contribution in [1.29, 1.82) is 0 Å². The number of para-hydroxylation sites is 1. The molecule has 0 saturated carbocycles. The molecule has 1 aromatic carbocycles. The van der Waals surface area contributed by atoms with E-state index in [9.17, 15) is 0 Å². The van der Waals surface area contributed by atoms with Gasteiger partial charge in [-0.15, -0.1) is 0 Å². The molecule has 0 aliphatic carbocycles. The van der Waals surface area contributed by atoms with E-state index in [2.05, 4.69) is 44.3 Å². The molecule has 1 fully saturated rings. The molecule has 3 N–H and O–H groups in total. The number of likely N-dealkylation sites (N-methyl/N-ethyl adjacent to an activating group) is 1. The summed E-state index contributed by atoms with van der Waals surface area (Å²) in [5, 5.41) is 3.15. The minimum absolute atomic E-state index is 0.377. The molecule has 2 heterocycles. The summed E-state index contributed by atoms with van der Waals surface area (Å²) in [7, 11) is 3.82. The van der Waals surface area contributed by atoms with Gasteiger partial charge in [0.2, 0.25) is 0 Å². The van der Waals surface area contributed by atoms with E-state index in [0.29, 0.717) is 19.1 Å². The molecule has 7 nitrogen and oxygen atoms in total. The minimum atomic E-state index is 0.377. The number of rotatable bonds is 6. The number of anilines is 2. The number of methoxy groups -OCH3 is 1. The highest BCUT2D eigenvalue weighted by Crippen LogP contribution is 2.16. The number of aromatic nitrogens is 1. The van der Waals surface area contributed by atoms with Crippen LogP contribution >= 0.6 is 0 Å². The van der Waals surface area contributed by atoms with Crippen LogP contribution in [-0.2, 0) is 17.9 Å². The van der Waals surface area contributed by atoms with Gasteiger partial charge >= 0.3 is 0 Å². The van der Waals surface area contributed by atoms with Crippen molar-refractivity contribution in [2.24, 2.45) is 10.7 Å². The molecule has 0 atom stereocenters. The van der Waals surface area contributed by atoms with Gasteiger partial charge in [-0.25, -0.2) is 9.98 Å². The average molecular weight is 368 g/mol. The number of ether oxygens (including phenoxy) is 1. The predicted octanol–water partition coefficient (Wildman–Crippen LogP) is 1.91. The first-order valence-corrected chi connectivity index (χ1v) is 9.18. The topological polar surface area (TPSA) is 79.0 Å². The van der Waals surface area contributed by atoms with Gasteiger partial charge < -0.3 is 25.6 Å². The maximum atomic E-state index is 6.04. The molecule has 0 amide bonds. The fourth-order valence-corrected chi connectivity index (χ4v) is 3.01. The van der Waals surface area contributed by atoms with Crippen molar-refractivity contribution in [3.8, 4) is 0 Å². The quantitative estimate of drug-likeness (QED) is 0.599. The van der Waals surface area contributed by atoms with Gasteiger partial charge in [0.05, 0.1) is 13.2 Å². The zero-order valence-corrected chi connectivity index (χ0v) is 16.1. The number of piperazine rings is 1. The van der Waals surface area contributed by atoms with Crippen LogP contribution in [0.4, 0.5) is 11.5 Å². The van der Waals surface area contributed by atoms with Crippen molar-refractivity contribution in [1.82, 2.24) is 9.88 Å². The SMILES string of the molecule is COCc1ccccc1NC(N)=NCc1ccc(N2CCN(C)CC2)nc1. The Balaban J connectivity index is 1.57. The lowest BCUT2D eigenvalue weighted by Crippen LogP contribution is -2.44. The van der Waals surface area contributed by atoms with Crippen LogP contribution in [0.25, 0.3) is 0 Å². The molecule has 0 bridgehead atoms. The summed E-state index contributed by atoms with van der Waals surface area (Å²) in [5.74, 6) is 1.40. The predicted molar refractivity (Wildman–Crippen MR) is 110 cm³/mol. The number of benzene rings is 1. The Bertz CT molecular complexity index is 753. The lowest BCUT2D eigenvalue weighted by Gasteiger charge is -2.33. The largest absolute Gasteiger partial charge is 0.380 e. The number of nitrogens with two attached hydrogens (primary N) is 1. The second-order valence-electron chi connectivity index (χ2n) is 6.73.